The second-order valence-corrected chi connectivity index (χ2v) is 4.00. The fourth-order valence-corrected chi connectivity index (χ4v) is 2.02. The highest BCUT2D eigenvalue weighted by molar-refractivity contribution is 6.05. The monoisotopic (exact) mass is 241 g/mol. The summed E-state index contributed by atoms with van der Waals surface area (Å²) in [6, 6.07) is -0.0587. The van der Waals surface area contributed by atoms with Crippen LogP contribution in [0.2, 0.25) is 0 Å². The lowest BCUT2D eigenvalue weighted by molar-refractivity contribution is -0.138. The van der Waals surface area contributed by atoms with E-state index in [0.29, 0.717) is 13.2 Å². The maximum Gasteiger partial charge on any atom is 0.339 e. The number of carbonyl (C=O) groups is 2. The first-order valence-electron chi connectivity index (χ1n) is 5.63. The van der Waals surface area contributed by atoms with Gasteiger partial charge in [-0.15, -0.1) is 0 Å². The molecule has 0 saturated carbocycles. The molecule has 1 N–H and O–H groups in total. The van der Waals surface area contributed by atoms with Gasteiger partial charge in [-0.2, -0.15) is 0 Å². The molecule has 17 heavy (non-hydrogen) atoms. The highest BCUT2D eigenvalue weighted by Crippen LogP contribution is 2.24. The third-order valence-electron chi connectivity index (χ3n) is 2.95. The van der Waals surface area contributed by atoms with Crippen molar-refractivity contribution in [1.29, 1.82) is 0 Å². The Labute approximate surface area is 98.8 Å². The van der Waals surface area contributed by atoms with Gasteiger partial charge in [0.15, 0.2) is 5.76 Å². The van der Waals surface area contributed by atoms with Gasteiger partial charge in [-0.3, -0.25) is 4.79 Å². The third kappa shape index (κ3) is 2.12. The minimum Gasteiger partial charge on any atom is -0.503 e. The predicted molar refractivity (Wildman–Crippen MR) is 57.2 cm³/mol. The van der Waals surface area contributed by atoms with Crippen molar-refractivity contribution in [3.05, 3.63) is 11.3 Å². The van der Waals surface area contributed by atoms with Crippen molar-refractivity contribution in [2.45, 2.75) is 19.4 Å². The normalized spacial score (nSPS) is 24.6. The number of esters is 1. The summed E-state index contributed by atoms with van der Waals surface area (Å²) in [6.07, 6.45) is 0.731. The van der Waals surface area contributed by atoms with Gasteiger partial charge in [-0.1, -0.05) is 0 Å². The molecule has 2 rings (SSSR count). The molecule has 0 spiro atoms. The zero-order valence-corrected chi connectivity index (χ0v) is 9.64. The van der Waals surface area contributed by atoms with Crippen LogP contribution in [-0.2, 0) is 19.1 Å². The fraction of sp³-hybridized carbons (Fsp3) is 0.636. The molecule has 2 aliphatic heterocycles. The molecular formula is C11H15NO5. The van der Waals surface area contributed by atoms with E-state index in [-0.39, 0.29) is 24.8 Å². The second-order valence-electron chi connectivity index (χ2n) is 4.00. The average molecular weight is 241 g/mol. The van der Waals surface area contributed by atoms with E-state index in [9.17, 15) is 14.7 Å². The molecule has 0 aromatic rings. The Kier molecular flexibility index (Phi) is 3.33. The molecule has 1 fully saturated rings. The summed E-state index contributed by atoms with van der Waals surface area (Å²) in [5.41, 5.74) is 0.0451. The number of ether oxygens (including phenoxy) is 2. The summed E-state index contributed by atoms with van der Waals surface area (Å²) >= 11 is 0. The number of amides is 1. The summed E-state index contributed by atoms with van der Waals surface area (Å²) in [6.45, 7) is 3.06. The smallest absolute Gasteiger partial charge is 0.339 e. The molecule has 94 valence electrons. The summed E-state index contributed by atoms with van der Waals surface area (Å²) < 4.78 is 9.97. The molecule has 6 nitrogen and oxygen atoms in total. The van der Waals surface area contributed by atoms with Crippen LogP contribution in [0.25, 0.3) is 0 Å². The highest BCUT2D eigenvalue weighted by Gasteiger charge is 2.39. The van der Waals surface area contributed by atoms with Crippen molar-refractivity contribution in [1.82, 2.24) is 4.90 Å². The standard InChI is InChI=1S/C11H15NO5/c1-2-17-11(15)8-5-12(10(14)9(8)13)7-3-4-16-6-7/h7,13H,2-6H2,1H3/t7-/m0/s1. The molecule has 1 saturated heterocycles. The second kappa shape index (κ2) is 4.75. The van der Waals surface area contributed by atoms with E-state index in [1.54, 1.807) is 6.92 Å². The summed E-state index contributed by atoms with van der Waals surface area (Å²) in [5.74, 6) is -1.63. The van der Waals surface area contributed by atoms with Gasteiger partial charge < -0.3 is 19.5 Å². The maximum absolute atomic E-state index is 11.8. The maximum atomic E-state index is 11.8. The number of aliphatic hydroxyl groups is 1. The molecule has 0 aromatic heterocycles. The molecule has 2 aliphatic rings. The summed E-state index contributed by atoms with van der Waals surface area (Å²) in [4.78, 5) is 24.7. The lowest BCUT2D eigenvalue weighted by Crippen LogP contribution is -2.38. The van der Waals surface area contributed by atoms with Crippen molar-refractivity contribution in [3.8, 4) is 0 Å². The molecule has 1 atom stereocenters. The lowest BCUT2D eigenvalue weighted by Gasteiger charge is -2.22. The summed E-state index contributed by atoms with van der Waals surface area (Å²) in [5, 5.41) is 9.63. The Morgan fingerprint density at radius 3 is 3.00 bits per heavy atom. The Bertz CT molecular complexity index is 370. The van der Waals surface area contributed by atoms with Crippen LogP contribution in [0.1, 0.15) is 13.3 Å². The predicted octanol–water partition coefficient (Wildman–Crippen LogP) is -0.00730. The van der Waals surface area contributed by atoms with Crippen LogP contribution in [0.5, 0.6) is 0 Å². The van der Waals surface area contributed by atoms with Gasteiger partial charge in [-0.25, -0.2) is 4.79 Å². The molecule has 1 amide bonds. The minimum absolute atomic E-state index is 0.0451. The SMILES string of the molecule is CCOC(=O)C1=C(O)C(=O)N([C@H]2CCOC2)C1. The lowest BCUT2D eigenvalue weighted by atomic mass is 10.2. The van der Waals surface area contributed by atoms with Crippen LogP contribution < -0.4 is 0 Å². The Morgan fingerprint density at radius 2 is 2.41 bits per heavy atom. The Balaban J connectivity index is 2.09. The molecule has 0 unspecified atom stereocenters. The van der Waals surface area contributed by atoms with Crippen molar-refractivity contribution in [3.63, 3.8) is 0 Å². The van der Waals surface area contributed by atoms with Crippen molar-refractivity contribution in [2.75, 3.05) is 26.4 Å². The fourth-order valence-electron chi connectivity index (χ4n) is 2.02. The summed E-state index contributed by atoms with van der Waals surface area (Å²) in [7, 11) is 0. The molecule has 0 bridgehead atoms. The van der Waals surface area contributed by atoms with Gasteiger partial charge in [0.2, 0.25) is 0 Å². The zero-order chi connectivity index (χ0) is 12.4. The first-order chi connectivity index (χ1) is 8.15. The molecule has 0 aliphatic carbocycles. The quantitative estimate of drug-likeness (QED) is 0.703. The average Bonchev–Trinajstić information content (AvgIpc) is 2.90. The van der Waals surface area contributed by atoms with E-state index in [4.69, 9.17) is 9.47 Å². The van der Waals surface area contributed by atoms with E-state index < -0.39 is 17.6 Å². The number of rotatable bonds is 3. The highest BCUT2D eigenvalue weighted by atomic mass is 16.5. The number of nitrogens with zero attached hydrogens (tertiary/aromatic N) is 1. The molecular weight excluding hydrogens is 226 g/mol. The van der Waals surface area contributed by atoms with Gasteiger partial charge in [0.05, 0.1) is 25.8 Å². The van der Waals surface area contributed by atoms with Crippen molar-refractivity contribution in [2.24, 2.45) is 0 Å². The first kappa shape index (κ1) is 11.9. The number of carbonyl (C=O) groups excluding carboxylic acids is 2. The number of hydrogen-bond acceptors (Lipinski definition) is 5. The largest absolute Gasteiger partial charge is 0.503 e. The van der Waals surface area contributed by atoms with E-state index >= 15 is 0 Å². The topological polar surface area (TPSA) is 76.1 Å². The van der Waals surface area contributed by atoms with E-state index in [2.05, 4.69) is 0 Å². The number of aliphatic hydroxyl groups excluding tert-OH is 1. The van der Waals surface area contributed by atoms with Crippen molar-refractivity contribution < 1.29 is 24.2 Å². The molecule has 0 aromatic carbocycles. The number of hydrogen-bond donors (Lipinski definition) is 1. The zero-order valence-electron chi connectivity index (χ0n) is 9.64. The third-order valence-corrected chi connectivity index (χ3v) is 2.95. The Morgan fingerprint density at radius 1 is 1.65 bits per heavy atom. The van der Waals surface area contributed by atoms with Crippen LogP contribution >= 0.6 is 0 Å². The van der Waals surface area contributed by atoms with Gasteiger partial charge >= 0.3 is 5.97 Å². The van der Waals surface area contributed by atoms with Crippen LogP contribution in [0.3, 0.4) is 0 Å². The first-order valence-corrected chi connectivity index (χ1v) is 5.63. The minimum atomic E-state index is -0.625. The van der Waals surface area contributed by atoms with Crippen molar-refractivity contribution >= 4 is 11.9 Å². The van der Waals surface area contributed by atoms with Crippen LogP contribution in [0.15, 0.2) is 11.3 Å². The van der Waals surface area contributed by atoms with Gasteiger partial charge in [0.1, 0.15) is 5.57 Å². The Hall–Kier alpha value is -1.56. The van der Waals surface area contributed by atoms with E-state index in [0.717, 1.165) is 6.42 Å². The van der Waals surface area contributed by atoms with Gasteiger partial charge in [0, 0.05) is 6.61 Å². The molecule has 0 radical (unpaired) electrons. The van der Waals surface area contributed by atoms with Crippen LogP contribution in [-0.4, -0.2) is 54.3 Å². The molecule has 6 heteroatoms. The van der Waals surface area contributed by atoms with Gasteiger partial charge in [0.25, 0.3) is 5.91 Å². The van der Waals surface area contributed by atoms with E-state index in [1.807, 2.05) is 0 Å². The van der Waals surface area contributed by atoms with Crippen LogP contribution in [0, 0.1) is 0 Å². The molecule has 2 heterocycles. The van der Waals surface area contributed by atoms with E-state index in [1.165, 1.54) is 4.90 Å². The van der Waals surface area contributed by atoms with Gasteiger partial charge in [-0.05, 0) is 13.3 Å². The van der Waals surface area contributed by atoms with Crippen LogP contribution in [0.4, 0.5) is 0 Å².